The molecule has 36 heavy (non-hydrogen) atoms. The smallest absolute Gasteiger partial charge is 0.411 e. The number of hydrogen-bond donors (Lipinski definition) is 3. The Balaban J connectivity index is 1.74. The molecule has 0 bridgehead atoms. The van der Waals surface area contributed by atoms with Crippen LogP contribution in [0.2, 0.25) is 0 Å². The van der Waals surface area contributed by atoms with Crippen molar-refractivity contribution < 1.29 is 37.7 Å². The van der Waals surface area contributed by atoms with Gasteiger partial charge in [0.15, 0.2) is 17.5 Å². The van der Waals surface area contributed by atoms with Crippen molar-refractivity contribution in [3.63, 3.8) is 0 Å². The van der Waals surface area contributed by atoms with Crippen molar-refractivity contribution in [2.24, 2.45) is 0 Å². The van der Waals surface area contributed by atoms with Crippen LogP contribution in [0.4, 0.5) is 17.6 Å². The van der Waals surface area contributed by atoms with E-state index in [4.69, 9.17) is 0 Å². The van der Waals surface area contributed by atoms with Crippen LogP contribution >= 0.6 is 11.8 Å². The van der Waals surface area contributed by atoms with Crippen LogP contribution in [0.3, 0.4) is 0 Å². The summed E-state index contributed by atoms with van der Waals surface area (Å²) in [6, 6.07) is 8.19. The molecule has 3 aliphatic heterocycles. The van der Waals surface area contributed by atoms with Gasteiger partial charge in [0, 0.05) is 16.8 Å². The first-order valence-electron chi connectivity index (χ1n) is 11.0. The number of benzene rings is 2. The molecule has 0 saturated carbocycles. The van der Waals surface area contributed by atoms with Gasteiger partial charge >= 0.3 is 6.18 Å². The van der Waals surface area contributed by atoms with Gasteiger partial charge in [0.1, 0.15) is 11.9 Å². The summed E-state index contributed by atoms with van der Waals surface area (Å²) in [7, 11) is 0. The predicted octanol–water partition coefficient (Wildman–Crippen LogP) is 3.42. The third-order valence-electron chi connectivity index (χ3n) is 6.44. The van der Waals surface area contributed by atoms with Gasteiger partial charge in [0.25, 0.3) is 5.91 Å². The third kappa shape index (κ3) is 3.94. The molecule has 2 aromatic carbocycles. The summed E-state index contributed by atoms with van der Waals surface area (Å²) in [6.07, 6.45) is -4.11. The number of hydrogen-bond acceptors (Lipinski definition) is 7. The molecular weight excluding hydrogens is 502 g/mol. The number of alkyl halides is 3. The predicted molar refractivity (Wildman–Crippen MR) is 121 cm³/mol. The average molecular weight is 524 g/mol. The second-order valence-corrected chi connectivity index (χ2v) is 9.49. The Morgan fingerprint density at radius 2 is 1.83 bits per heavy atom. The zero-order chi connectivity index (χ0) is 25.8. The van der Waals surface area contributed by atoms with Crippen LogP contribution in [0.15, 0.2) is 71.1 Å². The highest BCUT2D eigenvalue weighted by atomic mass is 32.2. The summed E-state index contributed by atoms with van der Waals surface area (Å²) in [4.78, 5) is 13.9. The van der Waals surface area contributed by atoms with Gasteiger partial charge < -0.3 is 20.2 Å². The van der Waals surface area contributed by atoms with E-state index in [1.807, 2.05) is 6.07 Å². The van der Waals surface area contributed by atoms with Crippen LogP contribution in [-0.4, -0.2) is 67.7 Å². The third-order valence-corrected chi connectivity index (χ3v) is 7.61. The lowest BCUT2D eigenvalue weighted by atomic mass is 9.94. The number of fused-ring (bicyclic) bond motifs is 3. The highest BCUT2D eigenvalue weighted by molar-refractivity contribution is 7.98. The zero-order valence-corrected chi connectivity index (χ0v) is 19.4. The lowest BCUT2D eigenvalue weighted by Gasteiger charge is -2.50. The number of thioether (sulfide) groups is 1. The van der Waals surface area contributed by atoms with Gasteiger partial charge in [-0.2, -0.15) is 18.2 Å². The molecule has 190 valence electrons. The van der Waals surface area contributed by atoms with E-state index in [1.54, 1.807) is 24.3 Å². The van der Waals surface area contributed by atoms with E-state index >= 15 is 0 Å². The number of carbonyl (C=O) groups is 1. The van der Waals surface area contributed by atoms with Gasteiger partial charge in [-0.15, -0.1) is 11.8 Å². The molecule has 1 amide bonds. The van der Waals surface area contributed by atoms with E-state index < -0.39 is 60.8 Å². The second kappa shape index (κ2) is 9.11. The number of rotatable bonds is 3. The molecule has 5 rings (SSSR count). The highest BCUT2D eigenvalue weighted by Gasteiger charge is 2.52. The molecule has 0 spiro atoms. The molecule has 3 aliphatic rings. The number of aliphatic hydroxyl groups excluding tert-OH is 3. The number of nitrogens with zero attached hydrogens (tertiary/aromatic N) is 3. The minimum absolute atomic E-state index is 0.312. The van der Waals surface area contributed by atoms with E-state index in [0.29, 0.717) is 26.7 Å². The van der Waals surface area contributed by atoms with Crippen LogP contribution in [0.25, 0.3) is 0 Å². The summed E-state index contributed by atoms with van der Waals surface area (Å²) in [6.45, 7) is -2.04. The molecule has 1 saturated heterocycles. The first-order chi connectivity index (χ1) is 17.1. The second-order valence-electron chi connectivity index (χ2n) is 8.51. The van der Waals surface area contributed by atoms with Crippen molar-refractivity contribution in [1.29, 1.82) is 0 Å². The average Bonchev–Trinajstić information content (AvgIpc) is 3.00. The number of hydrazine groups is 1. The molecule has 1 fully saturated rings. The maximum Gasteiger partial charge on any atom is 0.411 e. The molecule has 12 heteroatoms. The van der Waals surface area contributed by atoms with Gasteiger partial charge in [0.05, 0.1) is 19.3 Å². The Morgan fingerprint density at radius 3 is 2.56 bits per heavy atom. The molecule has 0 aromatic heterocycles. The molecule has 7 nitrogen and oxygen atoms in total. The fourth-order valence-corrected chi connectivity index (χ4v) is 5.84. The SMILES string of the molecule is O=C1C2=C(O)C(O)C=CN2N([C@@H]2c3ccccc3CSc3c(F)cccc32)CN1[C@H](CO)C(F)(F)F. The fraction of sp³-hybridized carbons (Fsp3) is 0.292. The van der Waals surface area contributed by atoms with Crippen molar-refractivity contribution in [2.45, 2.75) is 35.0 Å². The van der Waals surface area contributed by atoms with Crippen LogP contribution in [0.1, 0.15) is 22.7 Å². The van der Waals surface area contributed by atoms with Crippen molar-refractivity contribution in [3.05, 3.63) is 88.7 Å². The molecule has 1 unspecified atom stereocenters. The standard InChI is InChI=1S/C24H21F4N3O4S/c25-16-7-3-6-15-19(14-5-2-1-4-13(14)11-36-22(15)16)31-12-29(18(10-32)24(26,27)28)23(35)20-21(34)17(33)8-9-30(20)31/h1-9,17-19,32-34H,10-12H2/t17?,18-,19-/m1/s1. The number of carbonyl (C=O) groups excluding carboxylic acids is 1. The van der Waals surface area contributed by atoms with Crippen LogP contribution in [0, 0.1) is 5.82 Å². The maximum atomic E-state index is 14.9. The number of amides is 1. The number of aliphatic hydroxyl groups is 3. The minimum atomic E-state index is -4.97. The van der Waals surface area contributed by atoms with Crippen LogP contribution in [-0.2, 0) is 10.5 Å². The van der Waals surface area contributed by atoms with Crippen molar-refractivity contribution in [3.8, 4) is 0 Å². The maximum absolute atomic E-state index is 14.9. The number of halogens is 4. The summed E-state index contributed by atoms with van der Waals surface area (Å²) in [5.41, 5.74) is 1.38. The summed E-state index contributed by atoms with van der Waals surface area (Å²) in [5.74, 6) is -2.13. The monoisotopic (exact) mass is 523 g/mol. The minimum Gasteiger partial charge on any atom is -0.507 e. The Labute approximate surface area is 207 Å². The van der Waals surface area contributed by atoms with Crippen molar-refractivity contribution >= 4 is 17.7 Å². The van der Waals surface area contributed by atoms with Gasteiger partial charge in [-0.05, 0) is 28.8 Å². The first-order valence-corrected chi connectivity index (χ1v) is 11.9. The topological polar surface area (TPSA) is 87.5 Å². The van der Waals surface area contributed by atoms with E-state index in [0.717, 1.165) is 5.56 Å². The Hall–Kier alpha value is -3.06. The molecular formula is C24H21F4N3O4S. The van der Waals surface area contributed by atoms with Gasteiger partial charge in [-0.3, -0.25) is 9.80 Å². The molecule has 3 heterocycles. The molecule has 0 aliphatic carbocycles. The zero-order valence-electron chi connectivity index (χ0n) is 18.6. The van der Waals surface area contributed by atoms with E-state index in [9.17, 15) is 37.7 Å². The summed E-state index contributed by atoms with van der Waals surface area (Å²) < 4.78 is 56.5. The van der Waals surface area contributed by atoms with Crippen molar-refractivity contribution in [2.75, 3.05) is 13.3 Å². The summed E-state index contributed by atoms with van der Waals surface area (Å²) >= 11 is 1.25. The lowest BCUT2D eigenvalue weighted by molar-refractivity contribution is -0.214. The largest absolute Gasteiger partial charge is 0.507 e. The Morgan fingerprint density at radius 1 is 1.11 bits per heavy atom. The molecule has 2 aromatic rings. The lowest BCUT2D eigenvalue weighted by Crippen LogP contribution is -2.64. The van der Waals surface area contributed by atoms with Gasteiger partial charge in [-0.25, -0.2) is 4.39 Å². The quantitative estimate of drug-likeness (QED) is 0.532. The van der Waals surface area contributed by atoms with E-state index in [2.05, 4.69) is 0 Å². The fourth-order valence-electron chi connectivity index (χ4n) is 4.72. The molecule has 0 radical (unpaired) electrons. The van der Waals surface area contributed by atoms with Crippen LogP contribution < -0.4 is 0 Å². The molecule has 3 atom stereocenters. The van der Waals surface area contributed by atoms with E-state index in [1.165, 1.54) is 46.2 Å². The first kappa shape index (κ1) is 24.6. The van der Waals surface area contributed by atoms with Crippen molar-refractivity contribution in [1.82, 2.24) is 14.9 Å². The Bertz CT molecular complexity index is 1270. The van der Waals surface area contributed by atoms with Gasteiger partial charge in [-0.1, -0.05) is 36.4 Å². The van der Waals surface area contributed by atoms with Crippen LogP contribution in [0.5, 0.6) is 0 Å². The highest BCUT2D eigenvalue weighted by Crippen LogP contribution is 2.46. The van der Waals surface area contributed by atoms with E-state index in [-0.39, 0.29) is 0 Å². The summed E-state index contributed by atoms with van der Waals surface area (Å²) in [5, 5.41) is 32.9. The normalized spacial score (nSPS) is 23.2. The van der Waals surface area contributed by atoms with Gasteiger partial charge in [0.2, 0.25) is 0 Å². The Kier molecular flexibility index (Phi) is 6.23. The molecule has 3 N–H and O–H groups in total.